The van der Waals surface area contributed by atoms with E-state index in [1.54, 1.807) is 14.0 Å². The van der Waals surface area contributed by atoms with Crippen molar-refractivity contribution in [2.45, 2.75) is 19.4 Å². The maximum absolute atomic E-state index is 13.4. The number of fused-ring (bicyclic) bond motifs is 1. The molecule has 0 radical (unpaired) electrons. The molecule has 1 amide bonds. The number of methoxy groups -OCH3 is 1. The van der Waals surface area contributed by atoms with Gasteiger partial charge in [0.15, 0.2) is 5.17 Å². The number of rotatable bonds is 9. The first-order valence-electron chi connectivity index (χ1n) is 11.1. The van der Waals surface area contributed by atoms with Crippen LogP contribution in [0.1, 0.15) is 30.5 Å². The number of hydrogen-bond acceptors (Lipinski definition) is 7. The molecule has 1 unspecified atom stereocenters. The Bertz CT molecular complexity index is 1130. The number of aliphatic imine (C=N–C) groups is 1. The first kappa shape index (κ1) is 23.8. The molecule has 8 heteroatoms. The van der Waals surface area contributed by atoms with Crippen molar-refractivity contribution in [1.29, 1.82) is 0 Å². The van der Waals surface area contributed by atoms with Crippen LogP contribution in [0.2, 0.25) is 0 Å². The Balaban J connectivity index is 1.79. The van der Waals surface area contributed by atoms with E-state index >= 15 is 0 Å². The van der Waals surface area contributed by atoms with Gasteiger partial charge in [0.25, 0.3) is 0 Å². The van der Waals surface area contributed by atoms with Crippen LogP contribution in [0.4, 0.5) is 0 Å². The Morgan fingerprint density at radius 2 is 1.79 bits per heavy atom. The Labute approximate surface area is 203 Å². The first-order chi connectivity index (χ1) is 16.6. The first-order valence-corrected chi connectivity index (χ1v) is 12.0. The van der Waals surface area contributed by atoms with Gasteiger partial charge in [0.1, 0.15) is 0 Å². The summed E-state index contributed by atoms with van der Waals surface area (Å²) in [4.78, 5) is 32.8. The van der Waals surface area contributed by atoms with Crippen LogP contribution in [0.25, 0.3) is 5.70 Å². The number of amides is 1. The smallest absolute Gasteiger partial charge is 0.338 e. The number of thioether (sulfide) groups is 1. The summed E-state index contributed by atoms with van der Waals surface area (Å²) in [5, 5.41) is 5.52. The Morgan fingerprint density at radius 3 is 2.47 bits per heavy atom. The fraction of sp³-hybridized carbons (Fsp3) is 0.269. The predicted octanol–water partition coefficient (Wildman–Crippen LogP) is 4.11. The summed E-state index contributed by atoms with van der Waals surface area (Å²) in [6.45, 7) is 2.92. The average molecular weight is 478 g/mol. The lowest BCUT2D eigenvalue weighted by molar-refractivity contribution is -0.139. The highest BCUT2D eigenvalue weighted by Gasteiger charge is 2.42. The molecule has 2 aromatic rings. The molecule has 1 N–H and O–H groups in total. The number of amidine groups is 1. The second-order valence-electron chi connectivity index (χ2n) is 7.67. The van der Waals surface area contributed by atoms with Gasteiger partial charge in [-0.3, -0.25) is 4.79 Å². The van der Waals surface area contributed by atoms with Gasteiger partial charge in [-0.2, -0.15) is 0 Å². The average Bonchev–Trinajstić information content (AvgIpc) is 3.26. The zero-order valence-corrected chi connectivity index (χ0v) is 20.0. The molecule has 4 rings (SSSR count). The van der Waals surface area contributed by atoms with Gasteiger partial charge in [0.05, 0.1) is 36.9 Å². The van der Waals surface area contributed by atoms with Gasteiger partial charge < -0.3 is 19.7 Å². The van der Waals surface area contributed by atoms with Crippen LogP contribution in [-0.4, -0.2) is 48.8 Å². The van der Waals surface area contributed by atoms with E-state index in [1.165, 1.54) is 11.8 Å². The highest BCUT2D eigenvalue weighted by atomic mass is 32.2. The monoisotopic (exact) mass is 477 g/mol. The molecule has 7 nitrogen and oxygen atoms in total. The highest BCUT2D eigenvalue weighted by molar-refractivity contribution is 8.16. The van der Waals surface area contributed by atoms with Crippen molar-refractivity contribution in [2.24, 2.45) is 4.99 Å². The van der Waals surface area contributed by atoms with E-state index in [4.69, 9.17) is 14.5 Å². The quantitative estimate of drug-likeness (QED) is 0.432. The largest absolute Gasteiger partial charge is 0.463 e. The second kappa shape index (κ2) is 11.2. The number of benzene rings is 2. The second-order valence-corrected chi connectivity index (χ2v) is 8.51. The highest BCUT2D eigenvalue weighted by Crippen LogP contribution is 2.46. The topological polar surface area (TPSA) is 80.2 Å². The van der Waals surface area contributed by atoms with Crippen LogP contribution in [0.5, 0.6) is 0 Å². The van der Waals surface area contributed by atoms with E-state index in [1.807, 2.05) is 71.0 Å². The zero-order chi connectivity index (χ0) is 23.9. The van der Waals surface area contributed by atoms with E-state index in [2.05, 4.69) is 5.32 Å². The van der Waals surface area contributed by atoms with E-state index in [0.717, 1.165) is 22.0 Å². The van der Waals surface area contributed by atoms with Crippen LogP contribution in [0.3, 0.4) is 0 Å². The summed E-state index contributed by atoms with van der Waals surface area (Å²) in [5.74, 6) is -0.536. The molecular formula is C26H27N3O4S. The summed E-state index contributed by atoms with van der Waals surface area (Å²) in [5.41, 5.74) is 3.58. The maximum atomic E-state index is 13.4. The maximum Gasteiger partial charge on any atom is 0.338 e. The van der Waals surface area contributed by atoms with Gasteiger partial charge in [0.2, 0.25) is 5.91 Å². The van der Waals surface area contributed by atoms with Gasteiger partial charge in [-0.05, 0) is 17.9 Å². The number of carbonyl (C=O) groups is 2. The van der Waals surface area contributed by atoms with E-state index in [-0.39, 0.29) is 18.9 Å². The van der Waals surface area contributed by atoms with Crippen LogP contribution in [0.15, 0.2) is 82.3 Å². The van der Waals surface area contributed by atoms with Crippen molar-refractivity contribution in [3.63, 3.8) is 0 Å². The summed E-state index contributed by atoms with van der Waals surface area (Å²) in [7, 11) is 1.59. The molecule has 176 valence electrons. The lowest BCUT2D eigenvalue weighted by atomic mass is 9.91. The predicted molar refractivity (Wildman–Crippen MR) is 134 cm³/mol. The standard InChI is InChI=1S/C26H27N3O4S/c1-3-33-25(31)22-23(18-10-6-4-7-11-18)28-26-29(24(22)19-12-8-5-9-13-19)20(17-34-26)16-21(30)27-14-15-32-2/h4-13,17,24H,3,14-16H2,1-2H3,(H,27,30). The van der Waals surface area contributed by atoms with Crippen molar-refractivity contribution in [2.75, 3.05) is 26.9 Å². The molecule has 0 aliphatic carbocycles. The van der Waals surface area contributed by atoms with Crippen LogP contribution in [-0.2, 0) is 19.1 Å². The van der Waals surface area contributed by atoms with Crippen LogP contribution < -0.4 is 5.32 Å². The zero-order valence-electron chi connectivity index (χ0n) is 19.2. The van der Waals surface area contributed by atoms with E-state index in [9.17, 15) is 9.59 Å². The van der Waals surface area contributed by atoms with Gasteiger partial charge >= 0.3 is 5.97 Å². The third-order valence-corrected chi connectivity index (χ3v) is 6.33. The lowest BCUT2D eigenvalue weighted by Gasteiger charge is -2.36. The van der Waals surface area contributed by atoms with Gasteiger partial charge in [-0.1, -0.05) is 72.4 Å². The lowest BCUT2D eigenvalue weighted by Crippen LogP contribution is -2.38. The van der Waals surface area contributed by atoms with Crippen molar-refractivity contribution < 1.29 is 19.1 Å². The molecule has 34 heavy (non-hydrogen) atoms. The minimum absolute atomic E-state index is 0.118. The van der Waals surface area contributed by atoms with Crippen molar-refractivity contribution in [3.8, 4) is 0 Å². The third kappa shape index (κ3) is 5.08. The molecular weight excluding hydrogens is 450 g/mol. The number of ether oxygens (including phenoxy) is 2. The van der Waals surface area contributed by atoms with Crippen LogP contribution >= 0.6 is 11.8 Å². The summed E-state index contributed by atoms with van der Waals surface area (Å²) >= 11 is 1.45. The van der Waals surface area contributed by atoms with Gasteiger partial charge in [0, 0.05) is 24.9 Å². The molecule has 0 fully saturated rings. The number of hydrogen-bond donors (Lipinski definition) is 1. The van der Waals surface area contributed by atoms with Crippen molar-refractivity contribution >= 4 is 34.5 Å². The fourth-order valence-electron chi connectivity index (χ4n) is 3.96. The summed E-state index contributed by atoms with van der Waals surface area (Å²) in [6, 6.07) is 18.9. The molecule has 0 aromatic heterocycles. The van der Waals surface area contributed by atoms with Crippen molar-refractivity contribution in [3.05, 3.63) is 88.5 Å². The summed E-state index contributed by atoms with van der Waals surface area (Å²) < 4.78 is 10.5. The third-order valence-electron chi connectivity index (χ3n) is 5.44. The Kier molecular flexibility index (Phi) is 7.82. The molecule has 0 saturated heterocycles. The number of esters is 1. The molecule has 2 aromatic carbocycles. The molecule has 1 atom stereocenters. The molecule has 0 saturated carbocycles. The Hall–Kier alpha value is -3.36. The normalized spacial score (nSPS) is 17.1. The number of carbonyl (C=O) groups excluding carboxylic acids is 2. The van der Waals surface area contributed by atoms with E-state index in [0.29, 0.717) is 24.4 Å². The Morgan fingerprint density at radius 1 is 1.09 bits per heavy atom. The molecule has 0 bridgehead atoms. The summed E-state index contributed by atoms with van der Waals surface area (Å²) in [6.07, 6.45) is 0.163. The van der Waals surface area contributed by atoms with E-state index < -0.39 is 12.0 Å². The van der Waals surface area contributed by atoms with Gasteiger partial charge in [-0.25, -0.2) is 9.79 Å². The molecule has 2 heterocycles. The molecule has 2 aliphatic rings. The molecule has 2 aliphatic heterocycles. The SMILES string of the molecule is CCOC(=O)C1=C(c2ccccc2)N=C2SC=C(CC(=O)NCCOC)N2C1c1ccccc1. The molecule has 0 spiro atoms. The minimum Gasteiger partial charge on any atom is -0.463 e. The van der Waals surface area contributed by atoms with Crippen LogP contribution in [0, 0.1) is 0 Å². The van der Waals surface area contributed by atoms with Crippen molar-refractivity contribution in [1.82, 2.24) is 10.2 Å². The number of nitrogens with zero attached hydrogens (tertiary/aromatic N) is 2. The number of nitrogens with one attached hydrogen (secondary N) is 1. The van der Waals surface area contributed by atoms with Gasteiger partial charge in [-0.15, -0.1) is 0 Å². The fourth-order valence-corrected chi connectivity index (χ4v) is 4.88. The minimum atomic E-state index is -0.476.